The van der Waals surface area contributed by atoms with Crippen LogP contribution in [0.15, 0.2) is 103 Å². The molecule has 0 aliphatic heterocycles. The van der Waals surface area contributed by atoms with Crippen molar-refractivity contribution in [1.29, 1.82) is 0 Å². The van der Waals surface area contributed by atoms with Crippen molar-refractivity contribution in [3.63, 3.8) is 0 Å². The Labute approximate surface area is 300 Å². The topological polar surface area (TPSA) is 51.7 Å². The third-order valence-corrected chi connectivity index (χ3v) is 5.79. The molecule has 0 fully saturated rings. The van der Waals surface area contributed by atoms with E-state index in [1.165, 1.54) is 0 Å². The Morgan fingerprint density at radius 2 is 1.07 bits per heavy atom. The Kier molecular flexibility index (Phi) is 24.3. The molecule has 0 amide bonds. The molecule has 0 bridgehead atoms. The van der Waals surface area contributed by atoms with Gasteiger partial charge in [0.05, 0.1) is 22.3 Å². The SMILES string of the molecule is CC.CC.CC.CC.Cc1cccc2c(C=O)c(-c3ccccc3)nn12.Cc1cccc2cc(-c3ccccc3)nn12.[I][V][I]. The van der Waals surface area contributed by atoms with Gasteiger partial charge in [-0.15, -0.1) is 0 Å². The molecule has 5 nitrogen and oxygen atoms in total. The second-order valence-electron chi connectivity index (χ2n) is 8.17. The van der Waals surface area contributed by atoms with Gasteiger partial charge in [-0.3, -0.25) is 4.79 Å². The zero-order valence-electron chi connectivity index (χ0n) is 28.3. The molecule has 6 rings (SSSR count). The molecule has 2 aromatic carbocycles. The first kappa shape index (κ1) is 42.5. The molecule has 8 heteroatoms. The number of fused-ring (bicyclic) bond motifs is 2. The van der Waals surface area contributed by atoms with E-state index in [-0.39, 0.29) is 0 Å². The van der Waals surface area contributed by atoms with E-state index < -0.39 is 0 Å². The van der Waals surface area contributed by atoms with E-state index >= 15 is 0 Å². The number of hydrogen-bond acceptors (Lipinski definition) is 3. The Morgan fingerprint density at radius 1 is 0.600 bits per heavy atom. The summed E-state index contributed by atoms with van der Waals surface area (Å²) >= 11 is 4.74. The number of carbonyl (C=O) groups excluding carboxylic acids is 1. The maximum absolute atomic E-state index is 11.3. The van der Waals surface area contributed by atoms with E-state index in [9.17, 15) is 4.79 Å². The van der Waals surface area contributed by atoms with Crippen molar-refractivity contribution >= 4 is 57.3 Å². The van der Waals surface area contributed by atoms with Gasteiger partial charge >= 0.3 is 49.4 Å². The van der Waals surface area contributed by atoms with Crippen molar-refractivity contribution < 1.29 is 14.3 Å². The number of benzene rings is 2. The summed E-state index contributed by atoms with van der Waals surface area (Å²) in [6.07, 6.45) is 0.879. The fraction of sp³-hybridized carbons (Fsp3) is 0.270. The number of aromatic nitrogens is 4. The summed E-state index contributed by atoms with van der Waals surface area (Å²) in [6.45, 7) is 20.0. The molecule has 6 aromatic rings. The van der Waals surface area contributed by atoms with Gasteiger partial charge in [-0.2, -0.15) is 10.2 Å². The number of nitrogens with zero attached hydrogens (tertiary/aromatic N) is 4. The van der Waals surface area contributed by atoms with E-state index in [1.807, 2.05) is 138 Å². The van der Waals surface area contributed by atoms with E-state index in [0.717, 1.165) is 51.2 Å². The second-order valence-corrected chi connectivity index (χ2v) is 20.0. The summed E-state index contributed by atoms with van der Waals surface area (Å²) in [4.78, 5) is 11.3. The fourth-order valence-corrected chi connectivity index (χ4v) is 4.05. The minimum atomic E-state index is 0.628. The summed E-state index contributed by atoms with van der Waals surface area (Å²) in [5, 5.41) is 9.14. The Bertz CT molecular complexity index is 1620. The standard InChI is InChI=1S/C15H12N2O.C14H12N2.4C2H6.2HI.V/c1-11-6-5-9-14-13(10-18)15(16-17(11)14)12-7-3-2-4-8-12;1-11-6-5-9-13-10-14(15-16(11)13)12-7-3-2-4-8-12;4*1-2;;;/h2-10H,1H3;2-10H,1H3;4*1-2H3;2*1H;/q;;;;;;;;+2/p-2. The Balaban J connectivity index is 0.000000661. The monoisotopic (exact) mass is 869 g/mol. The first-order valence-corrected chi connectivity index (χ1v) is 24.5. The summed E-state index contributed by atoms with van der Waals surface area (Å²) in [7, 11) is 0.628. The summed E-state index contributed by atoms with van der Waals surface area (Å²) in [5.41, 5.74) is 8.67. The molecule has 0 N–H and O–H groups in total. The van der Waals surface area contributed by atoms with E-state index in [2.05, 4.69) is 93.5 Å². The number of carbonyl (C=O) groups is 1. The molecule has 4 heterocycles. The van der Waals surface area contributed by atoms with E-state index in [1.54, 1.807) is 0 Å². The van der Waals surface area contributed by atoms with Crippen LogP contribution < -0.4 is 0 Å². The third kappa shape index (κ3) is 12.7. The molecular weight excluding hydrogens is 821 g/mol. The number of aryl methyl sites for hydroxylation is 2. The first-order chi connectivity index (χ1) is 22.1. The molecule has 241 valence electrons. The van der Waals surface area contributed by atoms with Crippen molar-refractivity contribution in [2.24, 2.45) is 0 Å². The Hall–Kier alpha value is -2.47. The van der Waals surface area contributed by atoms with Crippen molar-refractivity contribution in [2.45, 2.75) is 69.2 Å². The zero-order valence-corrected chi connectivity index (χ0v) is 34.0. The van der Waals surface area contributed by atoms with Gasteiger partial charge in [0.2, 0.25) is 0 Å². The second kappa shape index (κ2) is 25.7. The van der Waals surface area contributed by atoms with Crippen LogP contribution >= 0.6 is 40.0 Å². The van der Waals surface area contributed by atoms with Gasteiger partial charge < -0.3 is 0 Å². The zero-order chi connectivity index (χ0) is 34.2. The van der Waals surface area contributed by atoms with Crippen molar-refractivity contribution in [3.8, 4) is 22.5 Å². The van der Waals surface area contributed by atoms with Gasteiger partial charge in [0, 0.05) is 22.5 Å². The number of aldehydes is 1. The number of rotatable bonds is 3. The van der Waals surface area contributed by atoms with Crippen LogP contribution in [-0.2, 0) is 9.47 Å². The average molecular weight is 870 g/mol. The quantitative estimate of drug-likeness (QED) is 0.132. The molecule has 4 aromatic heterocycles. The van der Waals surface area contributed by atoms with Crippen molar-refractivity contribution in [2.75, 3.05) is 0 Å². The van der Waals surface area contributed by atoms with Gasteiger partial charge in [0.1, 0.15) is 5.69 Å². The van der Waals surface area contributed by atoms with E-state index in [0.29, 0.717) is 15.0 Å². The number of halogens is 2. The van der Waals surface area contributed by atoms with Gasteiger partial charge in [0.15, 0.2) is 6.29 Å². The Morgan fingerprint density at radius 3 is 1.56 bits per heavy atom. The number of hydrogen-bond donors (Lipinski definition) is 0. The predicted molar refractivity (Wildman–Crippen MR) is 210 cm³/mol. The predicted octanol–water partition coefficient (Wildman–Crippen LogP) is 12.3. The molecule has 0 aliphatic rings. The van der Waals surface area contributed by atoms with Gasteiger partial charge in [-0.1, -0.05) is 128 Å². The van der Waals surface area contributed by atoms with Crippen LogP contribution in [0.5, 0.6) is 0 Å². The van der Waals surface area contributed by atoms with Crippen molar-refractivity contribution in [3.05, 3.63) is 120 Å². The van der Waals surface area contributed by atoms with Crippen LogP contribution in [0.1, 0.15) is 77.1 Å². The van der Waals surface area contributed by atoms with Gasteiger partial charge in [-0.05, 0) is 44.2 Å². The molecule has 0 spiro atoms. The molecular formula is C37H48I2N4OV. The summed E-state index contributed by atoms with van der Waals surface area (Å²) in [6, 6.07) is 34.1. The third-order valence-electron chi connectivity index (χ3n) is 5.79. The molecule has 0 atom stereocenters. The normalized spacial score (nSPS) is 8.98. The van der Waals surface area contributed by atoms with Gasteiger partial charge in [-0.25, -0.2) is 9.03 Å². The van der Waals surface area contributed by atoms with Crippen LogP contribution in [0.3, 0.4) is 0 Å². The maximum atomic E-state index is 11.3. The summed E-state index contributed by atoms with van der Waals surface area (Å²) < 4.78 is 3.79. The number of pyridine rings is 2. The molecule has 0 radical (unpaired) electrons. The average Bonchev–Trinajstić information content (AvgIpc) is 3.74. The first-order valence-electron chi connectivity index (χ1n) is 15.5. The van der Waals surface area contributed by atoms with Crippen LogP contribution in [0.25, 0.3) is 33.5 Å². The fourth-order valence-electron chi connectivity index (χ4n) is 4.05. The molecule has 0 saturated heterocycles. The molecule has 0 unspecified atom stereocenters. The van der Waals surface area contributed by atoms with Crippen LogP contribution in [0, 0.1) is 13.8 Å². The van der Waals surface area contributed by atoms with Gasteiger partial charge in [0.25, 0.3) is 0 Å². The summed E-state index contributed by atoms with van der Waals surface area (Å²) in [5.74, 6) is 0. The molecule has 45 heavy (non-hydrogen) atoms. The van der Waals surface area contributed by atoms with Crippen LogP contribution in [-0.4, -0.2) is 25.5 Å². The molecule has 0 aliphatic carbocycles. The van der Waals surface area contributed by atoms with Crippen LogP contribution in [0.4, 0.5) is 0 Å². The van der Waals surface area contributed by atoms with Crippen LogP contribution in [0.2, 0.25) is 0 Å². The van der Waals surface area contributed by atoms with Crippen molar-refractivity contribution in [1.82, 2.24) is 19.2 Å². The molecule has 0 saturated carbocycles. The minimum absolute atomic E-state index is 0.628. The van der Waals surface area contributed by atoms with E-state index in [4.69, 9.17) is 0 Å².